The summed E-state index contributed by atoms with van der Waals surface area (Å²) in [5, 5.41) is 20.3. The predicted octanol–water partition coefficient (Wildman–Crippen LogP) is 8.34. The zero-order valence-corrected chi connectivity index (χ0v) is 27.0. The van der Waals surface area contributed by atoms with Gasteiger partial charge >= 0.3 is 5.97 Å². The summed E-state index contributed by atoms with van der Waals surface area (Å²) in [7, 11) is 0. The van der Waals surface area contributed by atoms with Gasteiger partial charge in [-0.1, -0.05) is 87.8 Å². The smallest absolute Gasteiger partial charge is 0.309 e. The van der Waals surface area contributed by atoms with Gasteiger partial charge in [0.25, 0.3) is 0 Å². The van der Waals surface area contributed by atoms with Crippen LogP contribution < -0.4 is 0 Å². The van der Waals surface area contributed by atoms with Gasteiger partial charge in [-0.2, -0.15) is 5.26 Å². The number of allylic oxidation sites excluding steroid dienone is 4. The van der Waals surface area contributed by atoms with Crippen molar-refractivity contribution in [2.24, 2.45) is 50.2 Å². The van der Waals surface area contributed by atoms with Crippen LogP contribution in [0.1, 0.15) is 121 Å². The molecule has 7 atom stereocenters. The number of hydrogen-bond donors (Lipinski definition) is 1. The van der Waals surface area contributed by atoms with E-state index in [1.165, 1.54) is 0 Å². The van der Waals surface area contributed by atoms with Crippen LogP contribution in [0.2, 0.25) is 0 Å². The molecule has 3 unspecified atom stereocenters. The zero-order valence-electron chi connectivity index (χ0n) is 27.0. The number of fused-ring (bicyclic) bond motifs is 7. The Bertz CT molecular complexity index is 1180. The summed E-state index contributed by atoms with van der Waals surface area (Å²) in [4.78, 5) is 40.2. The lowest BCUT2D eigenvalue weighted by Gasteiger charge is -2.68. The Hall–Kier alpha value is -2.22. The van der Waals surface area contributed by atoms with E-state index < -0.39 is 22.2 Å². The van der Waals surface area contributed by atoms with Crippen molar-refractivity contribution in [2.75, 3.05) is 0 Å². The molecule has 1 N–H and O–H groups in total. The number of ketones is 2. The van der Waals surface area contributed by atoms with Crippen molar-refractivity contribution < 1.29 is 19.5 Å². The van der Waals surface area contributed by atoms with E-state index in [1.54, 1.807) is 0 Å². The van der Waals surface area contributed by atoms with Gasteiger partial charge in [0, 0.05) is 16.7 Å². The minimum absolute atomic E-state index is 0.00880. The Balaban J connectivity index is 0.00000106. The molecule has 0 spiro atoms. The van der Waals surface area contributed by atoms with Gasteiger partial charge in [-0.15, -0.1) is 0 Å². The predicted molar refractivity (Wildman–Crippen MR) is 159 cm³/mol. The fourth-order valence-corrected chi connectivity index (χ4v) is 10.0. The van der Waals surface area contributed by atoms with E-state index in [4.69, 9.17) is 0 Å². The number of nitriles is 1. The van der Waals surface area contributed by atoms with E-state index in [0.717, 1.165) is 31.3 Å². The number of carboxylic acid groups (broad SMARTS) is 1. The maximum absolute atomic E-state index is 14.2. The molecule has 3 saturated carbocycles. The number of hydrogen-bond acceptors (Lipinski definition) is 4. The summed E-state index contributed by atoms with van der Waals surface area (Å²) in [6.45, 7) is 23.0. The van der Waals surface area contributed by atoms with Crippen LogP contribution in [0.3, 0.4) is 0 Å². The molecule has 5 heteroatoms. The molecule has 0 aromatic heterocycles. The molecule has 0 aromatic carbocycles. The van der Waals surface area contributed by atoms with Crippen molar-refractivity contribution >= 4 is 17.5 Å². The molecular formula is C35H53NO4. The van der Waals surface area contributed by atoms with E-state index in [2.05, 4.69) is 40.7 Å². The van der Waals surface area contributed by atoms with Gasteiger partial charge in [0.15, 0.2) is 11.6 Å². The first kappa shape index (κ1) is 32.3. The second-order valence-corrected chi connectivity index (χ2v) is 14.7. The molecule has 5 rings (SSSR count). The minimum Gasteiger partial charge on any atom is -0.481 e. The van der Waals surface area contributed by atoms with Crippen molar-refractivity contribution in [3.63, 3.8) is 0 Å². The lowest BCUT2D eigenvalue weighted by atomic mass is 9.34. The maximum Gasteiger partial charge on any atom is 0.309 e. The van der Waals surface area contributed by atoms with Crippen LogP contribution in [0.25, 0.3) is 0 Å². The Morgan fingerprint density at radius 1 is 0.925 bits per heavy atom. The second-order valence-electron chi connectivity index (χ2n) is 14.7. The Morgan fingerprint density at radius 3 is 2.05 bits per heavy atom. The molecular weight excluding hydrogens is 498 g/mol. The highest BCUT2D eigenvalue weighted by atomic mass is 16.4. The Labute approximate surface area is 242 Å². The van der Waals surface area contributed by atoms with Gasteiger partial charge in [-0.25, -0.2) is 0 Å². The van der Waals surface area contributed by atoms with Gasteiger partial charge in [0.1, 0.15) is 6.07 Å². The van der Waals surface area contributed by atoms with E-state index in [9.17, 15) is 24.8 Å². The first-order valence-electron chi connectivity index (χ1n) is 15.7. The monoisotopic (exact) mass is 551 g/mol. The van der Waals surface area contributed by atoms with E-state index in [1.807, 2.05) is 53.7 Å². The molecule has 0 bridgehead atoms. The number of aliphatic carboxylic acids is 1. The summed E-state index contributed by atoms with van der Waals surface area (Å²) in [6, 6.07) is 2.15. The molecule has 0 aliphatic heterocycles. The largest absolute Gasteiger partial charge is 0.481 e. The quantitative estimate of drug-likeness (QED) is 0.353. The van der Waals surface area contributed by atoms with Crippen LogP contribution >= 0.6 is 0 Å². The number of carbonyl (C=O) groups excluding carboxylic acids is 2. The molecule has 40 heavy (non-hydrogen) atoms. The topological polar surface area (TPSA) is 95.2 Å². The highest BCUT2D eigenvalue weighted by molar-refractivity contribution is 6.04. The molecule has 0 radical (unpaired) electrons. The fourth-order valence-electron chi connectivity index (χ4n) is 10.0. The van der Waals surface area contributed by atoms with E-state index >= 15 is 0 Å². The maximum atomic E-state index is 14.2. The lowest BCUT2D eigenvalue weighted by molar-refractivity contribution is -0.188. The Morgan fingerprint density at radius 2 is 1.50 bits per heavy atom. The number of nitrogens with zero attached hydrogens (tertiary/aromatic N) is 1. The zero-order chi connectivity index (χ0) is 30.7. The van der Waals surface area contributed by atoms with Gasteiger partial charge in [-0.05, 0) is 79.1 Å². The third-order valence-electron chi connectivity index (χ3n) is 12.3. The van der Waals surface area contributed by atoms with Gasteiger partial charge < -0.3 is 5.11 Å². The van der Waals surface area contributed by atoms with Crippen LogP contribution in [0.4, 0.5) is 0 Å². The second kappa shape index (κ2) is 10.2. The van der Waals surface area contributed by atoms with E-state index in [-0.39, 0.29) is 51.1 Å². The van der Waals surface area contributed by atoms with Crippen molar-refractivity contribution in [2.45, 2.75) is 121 Å². The molecule has 0 heterocycles. The average molecular weight is 552 g/mol. The fraction of sp³-hybridized carbons (Fsp3) is 0.771. The molecule has 222 valence electrons. The summed E-state index contributed by atoms with van der Waals surface area (Å²) < 4.78 is 0. The normalized spacial score (nSPS) is 42.3. The SMILES string of the molecule is CC.CC.CC1(C)CC[C@]2(C(=O)O)CC[C@]3(C)C(C(=O)C=C4[C@@]5(C)C=C(C#N)C(=O)C(C)(C)C5CC[C@]43C)C2C1. The number of carbonyl (C=O) groups is 3. The summed E-state index contributed by atoms with van der Waals surface area (Å²) >= 11 is 0. The summed E-state index contributed by atoms with van der Waals surface area (Å²) in [6.07, 6.45) is 8.98. The van der Waals surface area contributed by atoms with E-state index in [0.29, 0.717) is 19.3 Å². The first-order valence-corrected chi connectivity index (χ1v) is 15.7. The Kier molecular flexibility index (Phi) is 8.28. The molecule has 0 amide bonds. The standard InChI is InChI=1S/C31H41NO4.2C2H6/c1-26(2)10-12-31(25(35)36)13-11-30(7)23(19(31)16-26)20(33)14-22-28(5)15-18(17-32)24(34)27(3,4)21(28)8-9-29(22,30)6;2*1-2/h14-15,19,21,23H,8-13,16H2,1-7H3,(H,35,36);2*1-2H3/t19?,21?,23?,28-,29+,30+,31-;;/m0../s1. The summed E-state index contributed by atoms with van der Waals surface area (Å²) in [5.41, 5.74) is -1.49. The van der Waals surface area contributed by atoms with Crippen LogP contribution in [-0.2, 0) is 14.4 Å². The highest BCUT2D eigenvalue weighted by Crippen LogP contribution is 2.74. The molecule has 0 aromatic rings. The third kappa shape index (κ3) is 4.10. The molecule has 5 nitrogen and oxygen atoms in total. The molecule has 5 aliphatic carbocycles. The van der Waals surface area contributed by atoms with Gasteiger partial charge in [-0.3, -0.25) is 14.4 Å². The average Bonchev–Trinajstić information content (AvgIpc) is 2.89. The van der Waals surface area contributed by atoms with Crippen LogP contribution in [0, 0.1) is 61.6 Å². The van der Waals surface area contributed by atoms with Crippen molar-refractivity contribution in [1.82, 2.24) is 0 Å². The lowest BCUT2D eigenvalue weighted by Crippen LogP contribution is -2.65. The van der Waals surface area contributed by atoms with Crippen molar-refractivity contribution in [1.29, 1.82) is 5.26 Å². The minimum atomic E-state index is -0.828. The molecule has 3 fully saturated rings. The van der Waals surface area contributed by atoms with Gasteiger partial charge in [0.05, 0.1) is 11.0 Å². The number of Topliss-reactive ketones (excluding diaryl/α,β-unsaturated/α-hetero) is 1. The highest BCUT2D eigenvalue weighted by Gasteiger charge is 2.70. The molecule has 5 aliphatic rings. The summed E-state index contributed by atoms with van der Waals surface area (Å²) in [5.74, 6) is -1.27. The third-order valence-corrected chi connectivity index (χ3v) is 12.3. The van der Waals surface area contributed by atoms with Crippen LogP contribution in [-0.4, -0.2) is 22.6 Å². The number of rotatable bonds is 1. The van der Waals surface area contributed by atoms with Crippen LogP contribution in [0.5, 0.6) is 0 Å². The number of carboxylic acids is 1. The van der Waals surface area contributed by atoms with Gasteiger partial charge in [0.2, 0.25) is 0 Å². The first-order chi connectivity index (χ1) is 18.5. The van der Waals surface area contributed by atoms with Crippen LogP contribution in [0.15, 0.2) is 23.3 Å². The molecule has 0 saturated heterocycles. The van der Waals surface area contributed by atoms with Crippen molar-refractivity contribution in [3.8, 4) is 6.07 Å². The van der Waals surface area contributed by atoms with Crippen molar-refractivity contribution in [3.05, 3.63) is 23.3 Å².